The van der Waals surface area contributed by atoms with Gasteiger partial charge in [0.1, 0.15) is 5.75 Å². The summed E-state index contributed by atoms with van der Waals surface area (Å²) in [6, 6.07) is 6.28. The molecule has 1 rings (SSSR count). The molecule has 21 heavy (non-hydrogen) atoms. The lowest BCUT2D eigenvalue weighted by Crippen LogP contribution is -2.26. The second kappa shape index (κ2) is 7.83. The van der Waals surface area contributed by atoms with Crippen LogP contribution in [0.2, 0.25) is 0 Å². The molecule has 1 unspecified atom stereocenters. The lowest BCUT2D eigenvalue weighted by molar-refractivity contribution is -0.483. The lowest BCUT2D eigenvalue weighted by Gasteiger charge is -2.13. The van der Waals surface area contributed by atoms with Crippen LogP contribution in [0.4, 0.5) is 4.79 Å². The van der Waals surface area contributed by atoms with Gasteiger partial charge in [0, 0.05) is 17.1 Å². The smallest absolute Gasteiger partial charge is 0.332 e. The van der Waals surface area contributed by atoms with Gasteiger partial charge >= 0.3 is 6.03 Å². The molecular formula is C13H18N4O4. The highest BCUT2D eigenvalue weighted by molar-refractivity contribution is 5.84. The number of nitrogens with zero attached hydrogens (tertiary/aromatic N) is 2. The van der Waals surface area contributed by atoms with Gasteiger partial charge in [-0.2, -0.15) is 5.10 Å². The highest BCUT2D eigenvalue weighted by Gasteiger charge is 2.19. The molecule has 0 spiro atoms. The molecule has 8 nitrogen and oxygen atoms in total. The third-order valence-electron chi connectivity index (χ3n) is 2.86. The van der Waals surface area contributed by atoms with Crippen molar-refractivity contribution in [2.45, 2.75) is 19.3 Å². The first-order chi connectivity index (χ1) is 9.92. The SMILES string of the molecule is COc1ccc(C(CC(C)=NNC(N)=O)C[N+](=O)[O-])cc1. The van der Waals surface area contributed by atoms with Crippen molar-refractivity contribution in [3.63, 3.8) is 0 Å². The first-order valence-electron chi connectivity index (χ1n) is 6.26. The molecule has 114 valence electrons. The number of ether oxygens (including phenoxy) is 1. The molecule has 1 atom stereocenters. The van der Waals surface area contributed by atoms with Gasteiger partial charge in [-0.3, -0.25) is 10.1 Å². The van der Waals surface area contributed by atoms with Crippen LogP contribution in [-0.4, -0.2) is 30.3 Å². The van der Waals surface area contributed by atoms with Crippen LogP contribution in [0.3, 0.4) is 0 Å². The van der Waals surface area contributed by atoms with E-state index in [4.69, 9.17) is 10.5 Å². The number of urea groups is 1. The molecule has 0 aliphatic rings. The maximum atomic E-state index is 10.8. The van der Waals surface area contributed by atoms with Crippen molar-refractivity contribution in [3.8, 4) is 5.75 Å². The number of carbonyl (C=O) groups is 1. The Morgan fingerprint density at radius 1 is 1.48 bits per heavy atom. The topological polar surface area (TPSA) is 120 Å². The van der Waals surface area contributed by atoms with Crippen molar-refractivity contribution in [2.24, 2.45) is 10.8 Å². The van der Waals surface area contributed by atoms with E-state index in [2.05, 4.69) is 10.5 Å². The lowest BCUT2D eigenvalue weighted by atomic mass is 9.94. The second-order valence-electron chi connectivity index (χ2n) is 4.51. The van der Waals surface area contributed by atoms with Crippen LogP contribution in [0.25, 0.3) is 0 Å². The van der Waals surface area contributed by atoms with Gasteiger partial charge in [-0.1, -0.05) is 12.1 Å². The summed E-state index contributed by atoms with van der Waals surface area (Å²) in [6.45, 7) is 1.45. The average Bonchev–Trinajstić information content (AvgIpc) is 2.44. The quantitative estimate of drug-likeness (QED) is 0.449. The summed E-state index contributed by atoms with van der Waals surface area (Å²) in [7, 11) is 1.55. The molecule has 0 aromatic heterocycles. The number of nitrogens with two attached hydrogens (primary N) is 1. The van der Waals surface area contributed by atoms with Crippen LogP contribution >= 0.6 is 0 Å². The van der Waals surface area contributed by atoms with Crippen molar-refractivity contribution >= 4 is 11.7 Å². The van der Waals surface area contributed by atoms with Crippen LogP contribution in [0.15, 0.2) is 29.4 Å². The molecular weight excluding hydrogens is 276 g/mol. The molecule has 8 heteroatoms. The van der Waals surface area contributed by atoms with Gasteiger partial charge in [0.05, 0.1) is 13.0 Å². The minimum atomic E-state index is -0.773. The normalized spacial score (nSPS) is 12.6. The molecule has 0 heterocycles. The van der Waals surface area contributed by atoms with E-state index in [1.807, 2.05) is 0 Å². The van der Waals surface area contributed by atoms with Crippen molar-refractivity contribution in [3.05, 3.63) is 39.9 Å². The monoisotopic (exact) mass is 294 g/mol. The van der Waals surface area contributed by atoms with Crippen LogP contribution in [0.5, 0.6) is 5.75 Å². The van der Waals surface area contributed by atoms with Gasteiger partial charge in [0.15, 0.2) is 0 Å². The number of nitrogens with one attached hydrogen (secondary N) is 1. The van der Waals surface area contributed by atoms with Gasteiger partial charge in [-0.15, -0.1) is 0 Å². The highest BCUT2D eigenvalue weighted by atomic mass is 16.6. The van der Waals surface area contributed by atoms with Crippen LogP contribution in [-0.2, 0) is 0 Å². The van der Waals surface area contributed by atoms with Crippen molar-refractivity contribution in [1.29, 1.82) is 0 Å². The van der Waals surface area contributed by atoms with E-state index in [9.17, 15) is 14.9 Å². The Kier molecular flexibility index (Phi) is 6.12. The van der Waals surface area contributed by atoms with E-state index in [0.29, 0.717) is 17.9 Å². The second-order valence-corrected chi connectivity index (χ2v) is 4.51. The molecule has 3 N–H and O–H groups in total. The summed E-state index contributed by atoms with van der Waals surface area (Å²) in [6.07, 6.45) is 0.341. The summed E-state index contributed by atoms with van der Waals surface area (Å²) < 4.78 is 5.06. The third-order valence-corrected chi connectivity index (χ3v) is 2.86. The third kappa shape index (κ3) is 5.89. The number of amides is 2. The molecule has 0 radical (unpaired) electrons. The number of carbonyl (C=O) groups excluding carboxylic acids is 1. The predicted octanol–water partition coefficient (Wildman–Crippen LogP) is 1.49. The summed E-state index contributed by atoms with van der Waals surface area (Å²) in [5.74, 6) is 0.337. The van der Waals surface area contributed by atoms with Gasteiger partial charge < -0.3 is 10.5 Å². The summed E-state index contributed by atoms with van der Waals surface area (Å²) >= 11 is 0. The number of primary amides is 1. The van der Waals surface area contributed by atoms with E-state index < -0.39 is 6.03 Å². The number of hydrogen-bond donors (Lipinski definition) is 2. The highest BCUT2D eigenvalue weighted by Crippen LogP contribution is 2.23. The Morgan fingerprint density at radius 2 is 2.10 bits per heavy atom. The maximum absolute atomic E-state index is 10.8. The van der Waals surface area contributed by atoms with E-state index >= 15 is 0 Å². The van der Waals surface area contributed by atoms with Crippen molar-refractivity contribution in [2.75, 3.05) is 13.7 Å². The van der Waals surface area contributed by atoms with Crippen LogP contribution in [0, 0.1) is 10.1 Å². The molecule has 0 saturated heterocycles. The molecule has 1 aromatic rings. The summed E-state index contributed by atoms with van der Waals surface area (Å²) in [5, 5.41) is 14.6. The molecule has 0 saturated carbocycles. The Bertz CT molecular complexity index is 527. The molecule has 2 amide bonds. The van der Waals surface area contributed by atoms with Crippen LogP contribution < -0.4 is 15.9 Å². The largest absolute Gasteiger partial charge is 0.497 e. The van der Waals surface area contributed by atoms with Crippen molar-refractivity contribution < 1.29 is 14.5 Å². The first-order valence-corrected chi connectivity index (χ1v) is 6.26. The van der Waals surface area contributed by atoms with Gasteiger partial charge in [0.25, 0.3) is 0 Å². The molecule has 1 aromatic carbocycles. The number of benzene rings is 1. The molecule has 0 bridgehead atoms. The zero-order chi connectivity index (χ0) is 15.8. The fraction of sp³-hybridized carbons (Fsp3) is 0.385. The Balaban J connectivity index is 2.86. The van der Waals surface area contributed by atoms with E-state index in [1.165, 1.54) is 0 Å². The number of nitro groups is 1. The number of rotatable bonds is 7. The van der Waals surface area contributed by atoms with Crippen molar-refractivity contribution in [1.82, 2.24) is 5.43 Å². The standard InChI is InChI=1S/C13H18N4O4/c1-9(15-16-13(14)18)7-11(8-17(19)20)10-3-5-12(21-2)6-4-10/h3-6,11H,7-8H2,1-2H3,(H3,14,16,18). The summed E-state index contributed by atoms with van der Waals surface area (Å²) in [4.78, 5) is 21.0. The number of hydrogen-bond acceptors (Lipinski definition) is 5. The van der Waals surface area contributed by atoms with E-state index in [0.717, 1.165) is 5.56 Å². The minimum absolute atomic E-state index is 0.226. The van der Waals surface area contributed by atoms with E-state index in [1.54, 1.807) is 38.3 Å². The minimum Gasteiger partial charge on any atom is -0.497 e. The number of methoxy groups -OCH3 is 1. The maximum Gasteiger partial charge on any atom is 0.332 e. The fourth-order valence-electron chi connectivity index (χ4n) is 1.90. The fourth-order valence-corrected chi connectivity index (χ4v) is 1.90. The molecule has 0 fully saturated rings. The predicted molar refractivity (Wildman–Crippen MR) is 78.0 cm³/mol. The van der Waals surface area contributed by atoms with E-state index in [-0.39, 0.29) is 17.4 Å². The summed E-state index contributed by atoms with van der Waals surface area (Å²) in [5.41, 5.74) is 8.39. The zero-order valence-corrected chi connectivity index (χ0v) is 11.9. The average molecular weight is 294 g/mol. The van der Waals surface area contributed by atoms with Gasteiger partial charge in [-0.25, -0.2) is 10.2 Å². The molecule has 0 aliphatic carbocycles. The Morgan fingerprint density at radius 3 is 2.57 bits per heavy atom. The van der Waals surface area contributed by atoms with Gasteiger partial charge in [-0.05, 0) is 24.6 Å². The number of hydrazone groups is 1. The zero-order valence-electron chi connectivity index (χ0n) is 11.9. The Hall–Kier alpha value is -2.64. The van der Waals surface area contributed by atoms with Crippen LogP contribution in [0.1, 0.15) is 24.8 Å². The Labute approximate surface area is 122 Å². The first kappa shape index (κ1) is 16.4. The molecule has 0 aliphatic heterocycles. The van der Waals surface area contributed by atoms with Gasteiger partial charge in [0.2, 0.25) is 6.54 Å².